The Morgan fingerprint density at radius 2 is 1.89 bits per heavy atom. The molecule has 4 heteroatoms. The Bertz CT molecular complexity index is 321. The SMILES string of the molecule is CCCNC(c1csc(C)c1)C(OCC)OCC. The number of aryl methyl sites for hydroxylation is 1. The lowest BCUT2D eigenvalue weighted by atomic mass is 10.1. The molecule has 0 saturated heterocycles. The van der Waals surface area contributed by atoms with Crippen LogP contribution in [0.3, 0.4) is 0 Å². The van der Waals surface area contributed by atoms with E-state index in [1.807, 2.05) is 13.8 Å². The summed E-state index contributed by atoms with van der Waals surface area (Å²) in [4.78, 5) is 1.32. The van der Waals surface area contributed by atoms with Gasteiger partial charge in [-0.05, 0) is 50.7 Å². The molecule has 0 aliphatic carbocycles. The summed E-state index contributed by atoms with van der Waals surface area (Å²) in [6, 6.07) is 2.33. The molecule has 1 unspecified atom stereocenters. The van der Waals surface area contributed by atoms with Crippen molar-refractivity contribution in [3.63, 3.8) is 0 Å². The first-order chi connectivity index (χ1) is 8.72. The van der Waals surface area contributed by atoms with E-state index < -0.39 is 0 Å². The molecule has 1 aromatic heterocycles. The average molecular weight is 271 g/mol. The van der Waals surface area contributed by atoms with Crippen LogP contribution in [0.4, 0.5) is 0 Å². The third-order valence-electron chi connectivity index (χ3n) is 2.66. The second kappa shape index (κ2) is 8.64. The molecule has 0 aliphatic heterocycles. The predicted molar refractivity (Wildman–Crippen MR) is 77.1 cm³/mol. The van der Waals surface area contributed by atoms with Gasteiger partial charge in [0.25, 0.3) is 0 Å². The molecule has 1 N–H and O–H groups in total. The van der Waals surface area contributed by atoms with Crippen molar-refractivity contribution in [1.82, 2.24) is 5.32 Å². The first-order valence-corrected chi connectivity index (χ1v) is 7.62. The lowest BCUT2D eigenvalue weighted by molar-refractivity contribution is -0.155. The molecule has 0 bridgehead atoms. The largest absolute Gasteiger partial charge is 0.351 e. The van der Waals surface area contributed by atoms with Gasteiger partial charge in [-0.1, -0.05) is 6.92 Å². The molecule has 0 radical (unpaired) electrons. The highest BCUT2D eigenvalue weighted by atomic mass is 32.1. The third kappa shape index (κ3) is 4.69. The predicted octanol–water partition coefficient (Wildman–Crippen LogP) is 3.50. The topological polar surface area (TPSA) is 30.5 Å². The van der Waals surface area contributed by atoms with Crippen molar-refractivity contribution in [3.8, 4) is 0 Å². The molecule has 0 fully saturated rings. The molecule has 1 heterocycles. The second-order valence-electron chi connectivity index (χ2n) is 4.20. The summed E-state index contributed by atoms with van der Waals surface area (Å²) >= 11 is 1.77. The van der Waals surface area contributed by atoms with Crippen LogP contribution in [-0.2, 0) is 9.47 Å². The number of nitrogens with one attached hydrogen (secondary N) is 1. The highest BCUT2D eigenvalue weighted by molar-refractivity contribution is 7.10. The maximum absolute atomic E-state index is 5.73. The van der Waals surface area contributed by atoms with E-state index in [1.165, 1.54) is 10.4 Å². The van der Waals surface area contributed by atoms with Crippen LogP contribution in [0.2, 0.25) is 0 Å². The zero-order valence-corrected chi connectivity index (χ0v) is 12.7. The van der Waals surface area contributed by atoms with Crippen molar-refractivity contribution in [3.05, 3.63) is 21.9 Å². The molecule has 18 heavy (non-hydrogen) atoms. The van der Waals surface area contributed by atoms with Crippen LogP contribution in [-0.4, -0.2) is 26.0 Å². The smallest absolute Gasteiger partial charge is 0.176 e. The van der Waals surface area contributed by atoms with Gasteiger partial charge in [0.1, 0.15) is 0 Å². The van der Waals surface area contributed by atoms with Crippen molar-refractivity contribution >= 4 is 11.3 Å². The van der Waals surface area contributed by atoms with Crippen molar-refractivity contribution < 1.29 is 9.47 Å². The van der Waals surface area contributed by atoms with Gasteiger partial charge in [0, 0.05) is 18.1 Å². The molecule has 0 aliphatic rings. The van der Waals surface area contributed by atoms with Crippen LogP contribution >= 0.6 is 11.3 Å². The molecule has 3 nitrogen and oxygen atoms in total. The molecule has 0 amide bonds. The van der Waals surface area contributed by atoms with Crippen molar-refractivity contribution in [2.75, 3.05) is 19.8 Å². The van der Waals surface area contributed by atoms with Gasteiger partial charge in [0.05, 0.1) is 6.04 Å². The Labute approximate surface area is 114 Å². The van der Waals surface area contributed by atoms with E-state index in [9.17, 15) is 0 Å². The Morgan fingerprint density at radius 1 is 1.22 bits per heavy atom. The number of hydrogen-bond acceptors (Lipinski definition) is 4. The fourth-order valence-electron chi connectivity index (χ4n) is 1.87. The minimum Gasteiger partial charge on any atom is -0.351 e. The van der Waals surface area contributed by atoms with E-state index in [-0.39, 0.29) is 12.3 Å². The van der Waals surface area contributed by atoms with E-state index in [2.05, 4.69) is 30.6 Å². The number of thiophene rings is 1. The molecule has 0 aromatic carbocycles. The van der Waals surface area contributed by atoms with Crippen molar-refractivity contribution in [1.29, 1.82) is 0 Å². The molecule has 104 valence electrons. The quantitative estimate of drug-likeness (QED) is 0.697. The van der Waals surface area contributed by atoms with E-state index >= 15 is 0 Å². The van der Waals surface area contributed by atoms with Gasteiger partial charge in [-0.2, -0.15) is 0 Å². The normalized spacial score (nSPS) is 13.2. The Balaban J connectivity index is 2.80. The van der Waals surface area contributed by atoms with Gasteiger partial charge in [-0.25, -0.2) is 0 Å². The maximum atomic E-state index is 5.73. The Hall–Kier alpha value is -0.420. The molecule has 0 saturated carbocycles. The van der Waals surface area contributed by atoms with Gasteiger partial charge >= 0.3 is 0 Å². The van der Waals surface area contributed by atoms with Gasteiger partial charge in [-0.15, -0.1) is 11.3 Å². The zero-order valence-electron chi connectivity index (χ0n) is 11.9. The van der Waals surface area contributed by atoms with E-state index in [4.69, 9.17) is 9.47 Å². The van der Waals surface area contributed by atoms with Crippen molar-refractivity contribution in [2.24, 2.45) is 0 Å². The summed E-state index contributed by atoms with van der Waals surface area (Å²) < 4.78 is 11.5. The molecule has 1 aromatic rings. The number of ether oxygens (including phenoxy) is 2. The monoisotopic (exact) mass is 271 g/mol. The van der Waals surface area contributed by atoms with Gasteiger partial charge in [-0.3, -0.25) is 0 Å². The van der Waals surface area contributed by atoms with Crippen LogP contribution in [0.5, 0.6) is 0 Å². The van der Waals surface area contributed by atoms with Crippen LogP contribution in [0.15, 0.2) is 11.4 Å². The first kappa shape index (κ1) is 15.6. The molecule has 1 rings (SSSR count). The highest BCUT2D eigenvalue weighted by Crippen LogP contribution is 2.25. The molecular weight excluding hydrogens is 246 g/mol. The van der Waals surface area contributed by atoms with Crippen molar-refractivity contribution in [2.45, 2.75) is 46.4 Å². The minimum atomic E-state index is -0.208. The Morgan fingerprint density at radius 3 is 2.33 bits per heavy atom. The molecule has 0 spiro atoms. The summed E-state index contributed by atoms with van der Waals surface area (Å²) in [7, 11) is 0. The molecule has 1 atom stereocenters. The number of rotatable bonds is 9. The fourth-order valence-corrected chi connectivity index (χ4v) is 2.61. The third-order valence-corrected chi connectivity index (χ3v) is 3.54. The zero-order chi connectivity index (χ0) is 13.4. The summed E-state index contributed by atoms with van der Waals surface area (Å²) in [6.45, 7) is 10.6. The summed E-state index contributed by atoms with van der Waals surface area (Å²) in [5.74, 6) is 0. The average Bonchev–Trinajstić information content (AvgIpc) is 2.77. The van der Waals surface area contributed by atoms with Gasteiger partial charge < -0.3 is 14.8 Å². The summed E-state index contributed by atoms with van der Waals surface area (Å²) in [5, 5.41) is 5.71. The van der Waals surface area contributed by atoms with Crippen LogP contribution in [0, 0.1) is 6.92 Å². The van der Waals surface area contributed by atoms with E-state index in [0.29, 0.717) is 13.2 Å². The van der Waals surface area contributed by atoms with E-state index in [0.717, 1.165) is 13.0 Å². The highest BCUT2D eigenvalue weighted by Gasteiger charge is 2.24. The number of hydrogen-bond donors (Lipinski definition) is 1. The van der Waals surface area contributed by atoms with Gasteiger partial charge in [0.15, 0.2) is 6.29 Å². The van der Waals surface area contributed by atoms with Crippen LogP contribution in [0.1, 0.15) is 43.7 Å². The summed E-state index contributed by atoms with van der Waals surface area (Å²) in [5.41, 5.74) is 1.26. The van der Waals surface area contributed by atoms with E-state index in [1.54, 1.807) is 11.3 Å². The van der Waals surface area contributed by atoms with Crippen LogP contribution < -0.4 is 5.32 Å². The molecular formula is C14H25NO2S. The standard InChI is InChI=1S/C14H25NO2S/c1-5-8-15-13(12-9-11(4)18-10-12)14(16-6-2)17-7-3/h9-10,13-15H,5-8H2,1-4H3. The first-order valence-electron chi connectivity index (χ1n) is 6.74. The second-order valence-corrected chi connectivity index (χ2v) is 5.32. The van der Waals surface area contributed by atoms with Gasteiger partial charge in [0.2, 0.25) is 0 Å². The lowest BCUT2D eigenvalue weighted by Gasteiger charge is -2.27. The maximum Gasteiger partial charge on any atom is 0.176 e. The summed E-state index contributed by atoms with van der Waals surface area (Å²) in [6.07, 6.45) is 0.894. The van der Waals surface area contributed by atoms with Crippen LogP contribution in [0.25, 0.3) is 0 Å². The Kier molecular flexibility index (Phi) is 7.51. The minimum absolute atomic E-state index is 0.120. The lowest BCUT2D eigenvalue weighted by Crippen LogP contribution is -2.36. The fraction of sp³-hybridized carbons (Fsp3) is 0.714.